The first kappa shape index (κ1) is 12.5. The molecule has 0 amide bonds. The van der Waals surface area contributed by atoms with Gasteiger partial charge in [-0.3, -0.25) is 4.79 Å². The van der Waals surface area contributed by atoms with E-state index < -0.39 is 0 Å². The number of carbonyl (C=O) groups excluding carboxylic acids is 1. The molecule has 0 saturated carbocycles. The van der Waals surface area contributed by atoms with Gasteiger partial charge in [-0.25, -0.2) is 0 Å². The highest BCUT2D eigenvalue weighted by atomic mass is 16.5. The van der Waals surface area contributed by atoms with Crippen LogP contribution in [-0.2, 0) is 9.53 Å². The van der Waals surface area contributed by atoms with E-state index in [2.05, 4.69) is 13.8 Å². The zero-order valence-electron chi connectivity index (χ0n) is 9.30. The molecule has 2 heteroatoms. The first-order valence-electron chi connectivity index (χ1n) is 5.24. The molecule has 0 aliphatic carbocycles. The van der Waals surface area contributed by atoms with Gasteiger partial charge in [-0.2, -0.15) is 0 Å². The second-order valence-electron chi connectivity index (χ2n) is 3.98. The van der Waals surface area contributed by atoms with Crippen molar-refractivity contribution in [1.29, 1.82) is 0 Å². The van der Waals surface area contributed by atoms with Crippen molar-refractivity contribution in [2.45, 2.75) is 47.0 Å². The van der Waals surface area contributed by atoms with Crippen LogP contribution in [0.15, 0.2) is 0 Å². The zero-order valence-corrected chi connectivity index (χ0v) is 9.30. The Balaban J connectivity index is 3.31. The van der Waals surface area contributed by atoms with Crippen LogP contribution in [0.25, 0.3) is 0 Å². The molecule has 13 heavy (non-hydrogen) atoms. The normalized spacial score (nSPS) is 13.0. The third-order valence-corrected chi connectivity index (χ3v) is 2.25. The van der Waals surface area contributed by atoms with E-state index in [1.165, 1.54) is 6.42 Å². The van der Waals surface area contributed by atoms with E-state index in [0.717, 1.165) is 18.8 Å². The van der Waals surface area contributed by atoms with Crippen LogP contribution < -0.4 is 0 Å². The fourth-order valence-electron chi connectivity index (χ4n) is 0.975. The van der Waals surface area contributed by atoms with Crippen LogP contribution >= 0.6 is 0 Å². The number of hydrogen-bond donors (Lipinski definition) is 0. The summed E-state index contributed by atoms with van der Waals surface area (Å²) in [5.74, 6) is 0.672. The fraction of sp³-hybridized carbons (Fsp3) is 0.909. The van der Waals surface area contributed by atoms with E-state index in [4.69, 9.17) is 4.74 Å². The maximum atomic E-state index is 11.0. The molecule has 2 nitrogen and oxygen atoms in total. The molecule has 0 fully saturated rings. The topological polar surface area (TPSA) is 26.3 Å². The molecule has 0 spiro atoms. The summed E-state index contributed by atoms with van der Waals surface area (Å²) in [5.41, 5.74) is 0. The molecule has 0 heterocycles. The van der Waals surface area contributed by atoms with E-state index in [9.17, 15) is 4.79 Å². The number of hydrogen-bond acceptors (Lipinski definition) is 2. The Kier molecular flexibility index (Phi) is 6.65. The maximum absolute atomic E-state index is 11.0. The lowest BCUT2D eigenvalue weighted by Crippen LogP contribution is -2.12. The van der Waals surface area contributed by atoms with Gasteiger partial charge < -0.3 is 4.74 Å². The summed E-state index contributed by atoms with van der Waals surface area (Å²) in [7, 11) is 0. The predicted molar refractivity (Wildman–Crippen MR) is 54.5 cm³/mol. The largest absolute Gasteiger partial charge is 0.465 e. The molecule has 0 rings (SSSR count). The molecule has 0 aromatic rings. The molecular formula is C11H22O2. The van der Waals surface area contributed by atoms with Crippen LogP contribution in [0.5, 0.6) is 0 Å². The highest BCUT2D eigenvalue weighted by molar-refractivity contribution is 5.71. The van der Waals surface area contributed by atoms with Gasteiger partial charge in [0.1, 0.15) is 0 Å². The SMILES string of the molecule is CCC(C)CCCOC(=O)C(C)C. The molecule has 0 bridgehead atoms. The second kappa shape index (κ2) is 6.93. The highest BCUT2D eigenvalue weighted by Crippen LogP contribution is 2.09. The Morgan fingerprint density at radius 2 is 1.92 bits per heavy atom. The van der Waals surface area contributed by atoms with Gasteiger partial charge in [-0.05, 0) is 18.8 Å². The van der Waals surface area contributed by atoms with Gasteiger partial charge in [0.15, 0.2) is 0 Å². The van der Waals surface area contributed by atoms with Crippen molar-refractivity contribution in [2.75, 3.05) is 6.61 Å². The van der Waals surface area contributed by atoms with Gasteiger partial charge in [0.25, 0.3) is 0 Å². The van der Waals surface area contributed by atoms with Crippen LogP contribution in [0.2, 0.25) is 0 Å². The first-order chi connectivity index (χ1) is 6.07. The average Bonchev–Trinajstić information content (AvgIpc) is 2.11. The maximum Gasteiger partial charge on any atom is 0.308 e. The lowest BCUT2D eigenvalue weighted by Gasteiger charge is -2.09. The molecule has 0 N–H and O–H groups in total. The van der Waals surface area contributed by atoms with Gasteiger partial charge in [-0.1, -0.05) is 34.1 Å². The smallest absolute Gasteiger partial charge is 0.308 e. The number of carbonyl (C=O) groups is 1. The van der Waals surface area contributed by atoms with Crippen molar-refractivity contribution in [2.24, 2.45) is 11.8 Å². The summed E-state index contributed by atoms with van der Waals surface area (Å²) in [4.78, 5) is 11.0. The number of ether oxygens (including phenoxy) is 1. The summed E-state index contributed by atoms with van der Waals surface area (Å²) in [6, 6.07) is 0. The summed E-state index contributed by atoms with van der Waals surface area (Å²) >= 11 is 0. The quantitative estimate of drug-likeness (QED) is 0.471. The molecule has 0 aliphatic rings. The van der Waals surface area contributed by atoms with Crippen molar-refractivity contribution in [3.8, 4) is 0 Å². The van der Waals surface area contributed by atoms with Crippen molar-refractivity contribution in [3.63, 3.8) is 0 Å². The summed E-state index contributed by atoms with van der Waals surface area (Å²) in [5, 5.41) is 0. The van der Waals surface area contributed by atoms with Gasteiger partial charge in [0, 0.05) is 0 Å². The minimum absolute atomic E-state index is 0.00333. The molecule has 0 saturated heterocycles. The average molecular weight is 186 g/mol. The highest BCUT2D eigenvalue weighted by Gasteiger charge is 2.07. The van der Waals surface area contributed by atoms with Gasteiger partial charge >= 0.3 is 5.97 Å². The number of esters is 1. The lowest BCUT2D eigenvalue weighted by atomic mass is 10.0. The summed E-state index contributed by atoms with van der Waals surface area (Å²) < 4.78 is 5.06. The van der Waals surface area contributed by atoms with E-state index in [-0.39, 0.29) is 11.9 Å². The van der Waals surface area contributed by atoms with Crippen molar-refractivity contribution >= 4 is 5.97 Å². The minimum Gasteiger partial charge on any atom is -0.465 e. The van der Waals surface area contributed by atoms with Crippen LogP contribution in [-0.4, -0.2) is 12.6 Å². The van der Waals surface area contributed by atoms with E-state index >= 15 is 0 Å². The first-order valence-corrected chi connectivity index (χ1v) is 5.24. The minimum atomic E-state index is -0.0795. The molecular weight excluding hydrogens is 164 g/mol. The lowest BCUT2D eigenvalue weighted by molar-refractivity contribution is -0.147. The van der Waals surface area contributed by atoms with Crippen LogP contribution in [0, 0.1) is 11.8 Å². The molecule has 0 aromatic carbocycles. The van der Waals surface area contributed by atoms with Crippen molar-refractivity contribution in [3.05, 3.63) is 0 Å². The van der Waals surface area contributed by atoms with Crippen molar-refractivity contribution in [1.82, 2.24) is 0 Å². The molecule has 1 unspecified atom stereocenters. The van der Waals surface area contributed by atoms with Crippen LogP contribution in [0.3, 0.4) is 0 Å². The van der Waals surface area contributed by atoms with Crippen LogP contribution in [0.1, 0.15) is 47.0 Å². The third-order valence-electron chi connectivity index (χ3n) is 2.25. The van der Waals surface area contributed by atoms with Gasteiger partial charge in [0.05, 0.1) is 12.5 Å². The van der Waals surface area contributed by atoms with E-state index in [1.54, 1.807) is 0 Å². The number of rotatable bonds is 6. The Hall–Kier alpha value is -0.530. The molecule has 0 aromatic heterocycles. The predicted octanol–water partition coefficient (Wildman–Crippen LogP) is 3.01. The molecule has 0 radical (unpaired) electrons. The van der Waals surface area contributed by atoms with Gasteiger partial charge in [0.2, 0.25) is 0 Å². The Labute approximate surface area is 81.7 Å². The van der Waals surface area contributed by atoms with Gasteiger partial charge in [-0.15, -0.1) is 0 Å². The fourth-order valence-corrected chi connectivity index (χ4v) is 0.975. The monoisotopic (exact) mass is 186 g/mol. The molecule has 0 aliphatic heterocycles. The summed E-state index contributed by atoms with van der Waals surface area (Å²) in [6.07, 6.45) is 3.35. The molecule has 78 valence electrons. The van der Waals surface area contributed by atoms with Crippen LogP contribution in [0.4, 0.5) is 0 Å². The zero-order chi connectivity index (χ0) is 10.3. The standard InChI is InChI=1S/C11H22O2/c1-5-10(4)7-6-8-13-11(12)9(2)3/h9-10H,5-8H2,1-4H3. The van der Waals surface area contributed by atoms with Crippen molar-refractivity contribution < 1.29 is 9.53 Å². The molecule has 1 atom stereocenters. The Morgan fingerprint density at radius 1 is 1.31 bits per heavy atom. The Morgan fingerprint density at radius 3 is 2.38 bits per heavy atom. The Bertz CT molecular complexity index is 141. The van der Waals surface area contributed by atoms with E-state index in [1.807, 2.05) is 13.8 Å². The van der Waals surface area contributed by atoms with E-state index in [0.29, 0.717) is 6.61 Å². The second-order valence-corrected chi connectivity index (χ2v) is 3.98. The third kappa shape index (κ3) is 6.62. The summed E-state index contributed by atoms with van der Waals surface area (Å²) in [6.45, 7) is 8.71.